The Morgan fingerprint density at radius 1 is 0.905 bits per heavy atom. The van der Waals surface area contributed by atoms with Gasteiger partial charge in [0.15, 0.2) is 23.3 Å². The normalized spacial score (nSPS) is 22.2. The minimum Gasteiger partial charge on any atom is -0.391 e. The fourth-order valence-corrected chi connectivity index (χ4v) is 2.32. The summed E-state index contributed by atoms with van der Waals surface area (Å²) in [6.07, 6.45) is 1.25. The molecule has 0 unspecified atom stereocenters. The molecule has 0 radical (unpaired) electrons. The Kier molecular flexibility index (Phi) is 4.46. The Labute approximate surface area is 116 Å². The average Bonchev–Trinajstić information content (AvgIpc) is 2.46. The van der Waals surface area contributed by atoms with Gasteiger partial charge in [0, 0.05) is 0 Å². The molecule has 0 aliphatic heterocycles. The first-order valence-electron chi connectivity index (χ1n) is 6.35. The van der Waals surface area contributed by atoms with E-state index < -0.39 is 52.7 Å². The van der Waals surface area contributed by atoms with Crippen molar-refractivity contribution in [1.29, 1.82) is 0 Å². The van der Waals surface area contributed by atoms with Crippen molar-refractivity contribution in [3.05, 3.63) is 34.6 Å². The van der Waals surface area contributed by atoms with Gasteiger partial charge in [-0.3, -0.25) is 4.79 Å². The second-order valence-corrected chi connectivity index (χ2v) is 4.88. The third-order valence-corrected chi connectivity index (χ3v) is 3.48. The number of hydrogen-bond acceptors (Lipinski definition) is 2. The molecule has 1 aromatic rings. The lowest BCUT2D eigenvalue weighted by Crippen LogP contribution is -2.45. The summed E-state index contributed by atoms with van der Waals surface area (Å²) in [5, 5.41) is 11.8. The van der Waals surface area contributed by atoms with Gasteiger partial charge in [-0.05, 0) is 12.8 Å². The monoisotopic (exact) mass is 309 g/mol. The van der Waals surface area contributed by atoms with Crippen LogP contribution in [0.3, 0.4) is 0 Å². The molecule has 3 nitrogen and oxygen atoms in total. The van der Waals surface area contributed by atoms with E-state index in [0.717, 1.165) is 6.42 Å². The van der Waals surface area contributed by atoms with E-state index in [4.69, 9.17) is 0 Å². The third kappa shape index (κ3) is 2.85. The quantitative estimate of drug-likeness (QED) is 0.501. The molecular weight excluding hydrogens is 297 g/mol. The van der Waals surface area contributed by atoms with Crippen molar-refractivity contribution < 1.29 is 31.9 Å². The summed E-state index contributed by atoms with van der Waals surface area (Å²) in [6, 6.07) is -0.777. The molecule has 1 saturated carbocycles. The minimum atomic E-state index is -2.32. The van der Waals surface area contributed by atoms with Crippen LogP contribution in [0, 0.1) is 29.1 Å². The highest BCUT2D eigenvalue weighted by Crippen LogP contribution is 2.24. The van der Waals surface area contributed by atoms with Crippen molar-refractivity contribution in [1.82, 2.24) is 5.32 Å². The molecule has 2 rings (SSSR count). The summed E-state index contributed by atoms with van der Waals surface area (Å²) in [5.41, 5.74) is -1.54. The number of aliphatic hydroxyl groups excluding tert-OH is 1. The van der Waals surface area contributed by atoms with Crippen molar-refractivity contribution >= 4 is 5.91 Å². The van der Waals surface area contributed by atoms with E-state index in [-0.39, 0.29) is 0 Å². The zero-order valence-electron chi connectivity index (χ0n) is 10.7. The summed E-state index contributed by atoms with van der Waals surface area (Å²) in [6.45, 7) is 0. The zero-order chi connectivity index (χ0) is 15.7. The molecule has 8 heteroatoms. The molecule has 2 atom stereocenters. The van der Waals surface area contributed by atoms with E-state index in [9.17, 15) is 31.9 Å². The minimum absolute atomic E-state index is 0.363. The molecule has 1 aromatic carbocycles. The maximum Gasteiger partial charge on any atom is 0.257 e. The number of carbonyl (C=O) groups excluding carboxylic acids is 1. The SMILES string of the molecule is O=C(N[C@H]1CCCC[C@@H]1O)c1c(F)c(F)c(F)c(F)c1F. The van der Waals surface area contributed by atoms with Crippen LogP contribution in [0.25, 0.3) is 0 Å². The summed E-state index contributed by atoms with van der Waals surface area (Å²) in [7, 11) is 0. The molecule has 0 heterocycles. The number of hydrogen-bond donors (Lipinski definition) is 2. The van der Waals surface area contributed by atoms with E-state index in [1.807, 2.05) is 0 Å². The molecule has 0 spiro atoms. The van der Waals surface area contributed by atoms with Crippen molar-refractivity contribution in [2.75, 3.05) is 0 Å². The highest BCUT2D eigenvalue weighted by Gasteiger charge is 2.32. The molecule has 0 saturated heterocycles. The number of aliphatic hydroxyl groups is 1. The van der Waals surface area contributed by atoms with Crippen LogP contribution in [0.2, 0.25) is 0 Å². The molecule has 1 aliphatic carbocycles. The van der Waals surface area contributed by atoms with Crippen molar-refractivity contribution in [2.45, 2.75) is 37.8 Å². The van der Waals surface area contributed by atoms with Crippen molar-refractivity contribution in [3.8, 4) is 0 Å². The second kappa shape index (κ2) is 5.97. The first-order valence-corrected chi connectivity index (χ1v) is 6.35. The van der Waals surface area contributed by atoms with Gasteiger partial charge in [-0.2, -0.15) is 0 Å². The largest absolute Gasteiger partial charge is 0.391 e. The van der Waals surface area contributed by atoms with Crippen LogP contribution in [0.5, 0.6) is 0 Å². The summed E-state index contributed by atoms with van der Waals surface area (Å²) < 4.78 is 65.9. The van der Waals surface area contributed by atoms with Gasteiger partial charge in [-0.15, -0.1) is 0 Å². The predicted octanol–water partition coefficient (Wildman–Crippen LogP) is 2.42. The molecule has 21 heavy (non-hydrogen) atoms. The number of nitrogens with one attached hydrogen (secondary N) is 1. The Balaban J connectivity index is 2.31. The summed E-state index contributed by atoms with van der Waals surface area (Å²) in [4.78, 5) is 11.8. The molecule has 2 N–H and O–H groups in total. The molecule has 1 fully saturated rings. The fraction of sp³-hybridized carbons (Fsp3) is 0.462. The van der Waals surface area contributed by atoms with Crippen LogP contribution in [0.15, 0.2) is 0 Å². The number of benzene rings is 1. The van der Waals surface area contributed by atoms with Crippen LogP contribution in [0.1, 0.15) is 36.0 Å². The summed E-state index contributed by atoms with van der Waals surface area (Å²) in [5.74, 6) is -12.5. The van der Waals surface area contributed by atoms with E-state index in [1.165, 1.54) is 0 Å². The first-order chi connectivity index (χ1) is 9.84. The molecule has 1 amide bonds. The van der Waals surface area contributed by atoms with Crippen LogP contribution >= 0.6 is 0 Å². The van der Waals surface area contributed by atoms with Crippen LogP contribution in [-0.2, 0) is 0 Å². The average molecular weight is 309 g/mol. The highest BCUT2D eigenvalue weighted by atomic mass is 19.2. The molecule has 0 bridgehead atoms. The standard InChI is InChI=1S/C13H12F5NO2/c14-8-7(9(15)11(17)12(18)10(8)16)13(21)19-5-3-1-2-4-6(5)20/h5-6,20H,1-4H2,(H,19,21)/t5-,6-/m0/s1. The van der Waals surface area contributed by atoms with E-state index in [1.54, 1.807) is 0 Å². The molecular formula is C13H12F5NO2. The lowest BCUT2D eigenvalue weighted by molar-refractivity contribution is 0.0709. The topological polar surface area (TPSA) is 49.3 Å². The molecule has 0 aromatic heterocycles. The Morgan fingerprint density at radius 2 is 1.38 bits per heavy atom. The lowest BCUT2D eigenvalue weighted by Gasteiger charge is -2.28. The van der Waals surface area contributed by atoms with Gasteiger partial charge in [-0.25, -0.2) is 22.0 Å². The Bertz CT molecular complexity index is 549. The number of rotatable bonds is 2. The van der Waals surface area contributed by atoms with Crippen molar-refractivity contribution in [2.24, 2.45) is 0 Å². The van der Waals surface area contributed by atoms with Crippen molar-refractivity contribution in [3.63, 3.8) is 0 Å². The Morgan fingerprint density at radius 3 is 1.90 bits per heavy atom. The van der Waals surface area contributed by atoms with Gasteiger partial charge in [0.1, 0.15) is 5.56 Å². The summed E-state index contributed by atoms with van der Waals surface area (Å²) >= 11 is 0. The van der Waals surface area contributed by atoms with Gasteiger partial charge >= 0.3 is 0 Å². The first kappa shape index (κ1) is 15.7. The predicted molar refractivity (Wildman–Crippen MR) is 62.0 cm³/mol. The lowest BCUT2D eigenvalue weighted by atomic mass is 9.92. The molecule has 116 valence electrons. The number of carbonyl (C=O) groups is 1. The molecule has 1 aliphatic rings. The van der Waals surface area contributed by atoms with Crippen LogP contribution < -0.4 is 5.32 Å². The zero-order valence-corrected chi connectivity index (χ0v) is 10.7. The second-order valence-electron chi connectivity index (χ2n) is 4.88. The number of halogens is 5. The van der Waals surface area contributed by atoms with Crippen LogP contribution in [0.4, 0.5) is 22.0 Å². The maximum absolute atomic E-state index is 13.5. The Hall–Kier alpha value is -1.70. The van der Waals surface area contributed by atoms with Crippen LogP contribution in [-0.4, -0.2) is 23.2 Å². The maximum atomic E-state index is 13.5. The van der Waals surface area contributed by atoms with Gasteiger partial charge < -0.3 is 10.4 Å². The van der Waals surface area contributed by atoms with Gasteiger partial charge in [0.2, 0.25) is 5.82 Å². The van der Waals surface area contributed by atoms with Gasteiger partial charge in [-0.1, -0.05) is 12.8 Å². The fourth-order valence-electron chi connectivity index (χ4n) is 2.32. The van der Waals surface area contributed by atoms with E-state index in [2.05, 4.69) is 5.32 Å². The van der Waals surface area contributed by atoms with E-state index in [0.29, 0.717) is 19.3 Å². The third-order valence-electron chi connectivity index (χ3n) is 3.48. The van der Waals surface area contributed by atoms with Gasteiger partial charge in [0.25, 0.3) is 5.91 Å². The smallest absolute Gasteiger partial charge is 0.257 e. The van der Waals surface area contributed by atoms with Gasteiger partial charge in [0.05, 0.1) is 12.1 Å². The van der Waals surface area contributed by atoms with E-state index >= 15 is 0 Å². The number of amides is 1. The highest BCUT2D eigenvalue weighted by molar-refractivity contribution is 5.95.